The van der Waals surface area contributed by atoms with Gasteiger partial charge < -0.3 is 5.32 Å². The van der Waals surface area contributed by atoms with Crippen molar-refractivity contribution < 1.29 is 0 Å². The van der Waals surface area contributed by atoms with Crippen LogP contribution in [0.2, 0.25) is 0 Å². The number of hydrogen-bond acceptors (Lipinski definition) is 3. The van der Waals surface area contributed by atoms with Gasteiger partial charge in [0.25, 0.3) is 0 Å². The van der Waals surface area contributed by atoms with E-state index in [0.29, 0.717) is 6.54 Å². The summed E-state index contributed by atoms with van der Waals surface area (Å²) in [4.78, 5) is 9.32. The summed E-state index contributed by atoms with van der Waals surface area (Å²) in [6, 6.07) is 8.68. The number of fused-ring (bicyclic) bond motifs is 1. The molecular weight excluding hydrogens is 290 g/mol. The topological polar surface area (TPSA) is 37.3 Å². The van der Waals surface area contributed by atoms with E-state index in [9.17, 15) is 0 Å². The van der Waals surface area contributed by atoms with Crippen molar-refractivity contribution in [1.29, 1.82) is 0 Å². The fourth-order valence-corrected chi connectivity index (χ4v) is 4.37. The Morgan fingerprint density at radius 1 is 1.18 bits per heavy atom. The second kappa shape index (κ2) is 5.84. The number of benzene rings is 1. The van der Waals surface area contributed by atoms with E-state index in [1.54, 1.807) is 11.3 Å². The lowest BCUT2D eigenvalue weighted by atomic mass is 9.67. The Morgan fingerprint density at radius 3 is 2.86 bits per heavy atom. The van der Waals surface area contributed by atoms with Crippen LogP contribution < -0.4 is 5.32 Å². The van der Waals surface area contributed by atoms with Crippen LogP contribution >= 0.6 is 11.3 Å². The van der Waals surface area contributed by atoms with Crippen LogP contribution in [0, 0.1) is 5.41 Å². The van der Waals surface area contributed by atoms with Gasteiger partial charge in [-0.3, -0.25) is 4.99 Å². The van der Waals surface area contributed by atoms with E-state index < -0.39 is 0 Å². The third kappa shape index (κ3) is 2.56. The summed E-state index contributed by atoms with van der Waals surface area (Å²) in [5, 5.41) is 6.77. The van der Waals surface area contributed by atoms with Gasteiger partial charge in [0.1, 0.15) is 10.8 Å². The highest BCUT2D eigenvalue weighted by Crippen LogP contribution is 2.45. The number of anilines is 1. The highest BCUT2D eigenvalue weighted by atomic mass is 32.1. The van der Waals surface area contributed by atoms with Crippen molar-refractivity contribution in [1.82, 2.24) is 4.98 Å². The Morgan fingerprint density at radius 2 is 2.05 bits per heavy atom. The van der Waals surface area contributed by atoms with Crippen LogP contribution in [0.3, 0.4) is 0 Å². The molecule has 4 heteroatoms. The fraction of sp³-hybridized carbons (Fsp3) is 0.444. The van der Waals surface area contributed by atoms with E-state index in [0.717, 1.165) is 11.4 Å². The third-order valence-electron chi connectivity index (χ3n) is 4.97. The van der Waals surface area contributed by atoms with Crippen molar-refractivity contribution in [3.05, 3.63) is 46.4 Å². The van der Waals surface area contributed by atoms with E-state index in [-0.39, 0.29) is 5.41 Å². The lowest BCUT2D eigenvalue weighted by molar-refractivity contribution is 0.278. The summed E-state index contributed by atoms with van der Waals surface area (Å²) in [6.07, 6.45) is 9.51. The molecule has 0 unspecified atom stereocenters. The molecule has 114 valence electrons. The SMILES string of the molecule is c1ccc2c(c1)CC1(CCCCC1)C(=NCc1nccs1)N2. The van der Waals surface area contributed by atoms with E-state index in [1.165, 1.54) is 49.2 Å². The standard InChI is InChI=1S/C18H21N3S/c1-4-8-18(9-5-1)12-14-6-2-3-7-15(14)21-17(18)20-13-16-19-10-11-22-16/h2-3,6-7,10-11H,1,4-5,8-9,12-13H2,(H,20,21). The first-order valence-electron chi connectivity index (χ1n) is 8.14. The molecule has 1 saturated carbocycles. The quantitative estimate of drug-likeness (QED) is 0.875. The van der Waals surface area contributed by atoms with Crippen LogP contribution in [0.5, 0.6) is 0 Å². The number of thiazole rings is 1. The predicted molar refractivity (Wildman–Crippen MR) is 92.5 cm³/mol. The molecule has 0 amide bonds. The molecule has 3 nitrogen and oxygen atoms in total. The van der Waals surface area contributed by atoms with Gasteiger partial charge >= 0.3 is 0 Å². The Hall–Kier alpha value is -1.68. The van der Waals surface area contributed by atoms with Gasteiger partial charge in [0, 0.05) is 22.7 Å². The maximum Gasteiger partial charge on any atom is 0.114 e. The molecule has 1 aromatic heterocycles. The zero-order chi connectivity index (χ0) is 14.8. The van der Waals surface area contributed by atoms with Gasteiger partial charge in [0.15, 0.2) is 0 Å². The molecule has 0 saturated heterocycles. The van der Waals surface area contributed by atoms with Gasteiger partial charge in [-0.15, -0.1) is 11.3 Å². The summed E-state index contributed by atoms with van der Waals surface area (Å²) in [7, 11) is 0. The van der Waals surface area contributed by atoms with E-state index in [4.69, 9.17) is 4.99 Å². The van der Waals surface area contributed by atoms with Crippen molar-refractivity contribution in [3.8, 4) is 0 Å². The maximum atomic E-state index is 4.95. The molecule has 4 rings (SSSR count). The molecule has 1 spiro atoms. The molecule has 0 bridgehead atoms. The van der Waals surface area contributed by atoms with Crippen molar-refractivity contribution in [2.45, 2.75) is 45.1 Å². The second-order valence-corrected chi connectivity index (χ2v) is 7.37. The third-order valence-corrected chi connectivity index (χ3v) is 5.73. The lowest BCUT2D eigenvalue weighted by Crippen LogP contribution is -2.43. The summed E-state index contributed by atoms with van der Waals surface area (Å²) in [6.45, 7) is 0.698. The smallest absolute Gasteiger partial charge is 0.114 e. The number of amidine groups is 1. The second-order valence-electron chi connectivity index (χ2n) is 6.39. The molecule has 1 aromatic carbocycles. The lowest BCUT2D eigenvalue weighted by Gasteiger charge is -2.42. The van der Waals surface area contributed by atoms with Gasteiger partial charge in [-0.1, -0.05) is 37.5 Å². The largest absolute Gasteiger partial charge is 0.343 e. The zero-order valence-corrected chi connectivity index (χ0v) is 13.5. The number of rotatable bonds is 2. The fourth-order valence-electron chi connectivity index (χ4n) is 3.83. The first-order valence-corrected chi connectivity index (χ1v) is 9.02. The minimum absolute atomic E-state index is 0.226. The number of para-hydroxylation sites is 1. The van der Waals surface area contributed by atoms with Crippen LogP contribution in [-0.2, 0) is 13.0 Å². The van der Waals surface area contributed by atoms with E-state index in [2.05, 4.69) is 34.6 Å². The highest BCUT2D eigenvalue weighted by Gasteiger charge is 2.40. The van der Waals surface area contributed by atoms with Gasteiger partial charge in [-0.2, -0.15) is 0 Å². The van der Waals surface area contributed by atoms with E-state index in [1.807, 2.05) is 11.6 Å². The minimum atomic E-state index is 0.226. The van der Waals surface area contributed by atoms with Crippen LogP contribution in [0.15, 0.2) is 40.8 Å². The molecule has 22 heavy (non-hydrogen) atoms. The molecule has 0 atom stereocenters. The van der Waals surface area contributed by atoms with Crippen LogP contribution in [-0.4, -0.2) is 10.8 Å². The molecule has 1 fully saturated rings. The molecule has 1 N–H and O–H groups in total. The van der Waals surface area contributed by atoms with Crippen LogP contribution in [0.4, 0.5) is 5.69 Å². The molecule has 2 aromatic rings. The molecule has 1 aliphatic heterocycles. The van der Waals surface area contributed by atoms with Gasteiger partial charge in [0.05, 0.1) is 6.54 Å². The summed E-state index contributed by atoms with van der Waals surface area (Å²) in [5.74, 6) is 1.20. The van der Waals surface area contributed by atoms with Crippen molar-refractivity contribution in [2.75, 3.05) is 5.32 Å². The van der Waals surface area contributed by atoms with Gasteiger partial charge in [0.2, 0.25) is 0 Å². The molecule has 1 aliphatic carbocycles. The molecule has 2 aliphatic rings. The predicted octanol–water partition coefficient (Wildman–Crippen LogP) is 4.66. The normalized spacial score (nSPS) is 21.5. The average Bonchev–Trinajstić information content (AvgIpc) is 3.07. The average molecular weight is 311 g/mol. The Kier molecular flexibility index (Phi) is 3.70. The minimum Gasteiger partial charge on any atom is -0.343 e. The number of nitrogens with one attached hydrogen (secondary N) is 1. The molecule has 0 radical (unpaired) electrons. The molecular formula is C18H21N3S. The summed E-state index contributed by atoms with van der Waals surface area (Å²) < 4.78 is 0. The summed E-state index contributed by atoms with van der Waals surface area (Å²) in [5.41, 5.74) is 2.90. The summed E-state index contributed by atoms with van der Waals surface area (Å²) >= 11 is 1.69. The Balaban J connectivity index is 1.68. The number of aliphatic imine (C=N–C) groups is 1. The van der Waals surface area contributed by atoms with E-state index >= 15 is 0 Å². The highest BCUT2D eigenvalue weighted by molar-refractivity contribution is 7.09. The van der Waals surface area contributed by atoms with Crippen LogP contribution in [0.1, 0.15) is 42.7 Å². The zero-order valence-electron chi connectivity index (χ0n) is 12.7. The monoisotopic (exact) mass is 311 g/mol. The van der Waals surface area contributed by atoms with Gasteiger partial charge in [-0.05, 0) is 30.9 Å². The first-order chi connectivity index (χ1) is 10.9. The Labute approximate surface area is 135 Å². The van der Waals surface area contributed by atoms with Gasteiger partial charge in [-0.25, -0.2) is 4.98 Å². The van der Waals surface area contributed by atoms with Crippen molar-refractivity contribution >= 4 is 22.9 Å². The van der Waals surface area contributed by atoms with Crippen molar-refractivity contribution in [2.24, 2.45) is 10.4 Å². The maximum absolute atomic E-state index is 4.95. The Bertz CT molecular complexity index is 669. The first kappa shape index (κ1) is 13.9. The number of hydrogen-bond donors (Lipinski definition) is 1. The van der Waals surface area contributed by atoms with Crippen molar-refractivity contribution in [3.63, 3.8) is 0 Å². The molecule has 2 heterocycles. The van der Waals surface area contributed by atoms with Crippen LogP contribution in [0.25, 0.3) is 0 Å². The number of nitrogens with zero attached hydrogens (tertiary/aromatic N) is 2. The number of aromatic nitrogens is 1.